The summed E-state index contributed by atoms with van der Waals surface area (Å²) in [6.07, 6.45) is 2.11. The molecular formula is C7H14N2OS. The van der Waals surface area contributed by atoms with Gasteiger partial charge in [0, 0.05) is 13.1 Å². The van der Waals surface area contributed by atoms with Gasteiger partial charge in [-0.2, -0.15) is 0 Å². The van der Waals surface area contributed by atoms with Gasteiger partial charge in [0.2, 0.25) is 0 Å². The van der Waals surface area contributed by atoms with Crippen LogP contribution in [0.4, 0.5) is 4.79 Å². The second kappa shape index (κ2) is 7.47. The number of nitrogens with one attached hydrogen (secondary N) is 2. The standard InChI is InChI=1S/C7H14N2OS/c1-2-3-4-8-7(10)9-5-6-11/h6H,2-5H2,1H3,(H2,8,9,10). The number of carbonyl (C=O) groups is 1. The van der Waals surface area contributed by atoms with Crippen LogP contribution in [-0.2, 0) is 0 Å². The van der Waals surface area contributed by atoms with Crippen LogP contribution in [0, 0.1) is 0 Å². The summed E-state index contributed by atoms with van der Waals surface area (Å²) in [5.74, 6) is 0. The Hall–Kier alpha value is -0.640. The zero-order chi connectivity index (χ0) is 8.53. The van der Waals surface area contributed by atoms with Crippen LogP contribution in [0.1, 0.15) is 19.8 Å². The van der Waals surface area contributed by atoms with Crippen LogP contribution in [0.25, 0.3) is 0 Å². The molecule has 0 radical (unpaired) electrons. The van der Waals surface area contributed by atoms with Crippen LogP contribution in [0.5, 0.6) is 0 Å². The van der Waals surface area contributed by atoms with Crippen LogP contribution in [-0.4, -0.2) is 24.5 Å². The Bertz CT molecular complexity index is 128. The molecule has 2 amide bonds. The monoisotopic (exact) mass is 174 g/mol. The minimum absolute atomic E-state index is 0.139. The second-order valence-electron chi connectivity index (χ2n) is 2.16. The molecule has 3 nitrogen and oxygen atoms in total. The largest absolute Gasteiger partial charge is 0.338 e. The first-order chi connectivity index (χ1) is 5.31. The Morgan fingerprint density at radius 1 is 1.55 bits per heavy atom. The number of hydrogen-bond acceptors (Lipinski definition) is 2. The van der Waals surface area contributed by atoms with E-state index < -0.39 is 0 Å². The molecule has 0 aliphatic carbocycles. The summed E-state index contributed by atoms with van der Waals surface area (Å²) < 4.78 is 0. The highest BCUT2D eigenvalue weighted by Gasteiger charge is 1.94. The van der Waals surface area contributed by atoms with Crippen molar-refractivity contribution in [1.82, 2.24) is 10.6 Å². The molecule has 0 aliphatic heterocycles. The molecule has 0 unspecified atom stereocenters. The summed E-state index contributed by atoms with van der Waals surface area (Å²) >= 11 is 4.54. The van der Waals surface area contributed by atoms with Crippen LogP contribution in [0.15, 0.2) is 0 Å². The molecule has 2 N–H and O–H groups in total. The summed E-state index contributed by atoms with van der Waals surface area (Å²) in [6.45, 7) is 3.27. The van der Waals surface area contributed by atoms with E-state index in [0.29, 0.717) is 6.54 Å². The van der Waals surface area contributed by atoms with Gasteiger partial charge in [-0.05, 0) is 11.8 Å². The highest BCUT2D eigenvalue weighted by atomic mass is 32.1. The van der Waals surface area contributed by atoms with Crippen molar-refractivity contribution in [3.8, 4) is 0 Å². The summed E-state index contributed by atoms with van der Waals surface area (Å²) in [6, 6.07) is -0.139. The summed E-state index contributed by atoms with van der Waals surface area (Å²) in [7, 11) is 0. The van der Waals surface area contributed by atoms with E-state index in [0.717, 1.165) is 19.4 Å². The number of urea groups is 1. The van der Waals surface area contributed by atoms with Crippen LogP contribution < -0.4 is 10.6 Å². The molecule has 11 heavy (non-hydrogen) atoms. The van der Waals surface area contributed by atoms with Crippen LogP contribution >= 0.6 is 12.2 Å². The zero-order valence-corrected chi connectivity index (χ0v) is 7.54. The van der Waals surface area contributed by atoms with E-state index in [4.69, 9.17) is 0 Å². The fourth-order valence-electron chi connectivity index (χ4n) is 0.576. The van der Waals surface area contributed by atoms with Crippen molar-refractivity contribution in [1.29, 1.82) is 0 Å². The maximum atomic E-state index is 10.8. The first-order valence-corrected chi connectivity index (χ1v) is 4.23. The van der Waals surface area contributed by atoms with Gasteiger partial charge in [0.15, 0.2) is 0 Å². The lowest BCUT2D eigenvalue weighted by molar-refractivity contribution is 0.242. The van der Waals surface area contributed by atoms with Gasteiger partial charge in [-0.15, -0.1) is 0 Å². The molecule has 0 saturated carbocycles. The van der Waals surface area contributed by atoms with E-state index >= 15 is 0 Å². The first-order valence-electron chi connectivity index (χ1n) is 3.76. The predicted octanol–water partition coefficient (Wildman–Crippen LogP) is 1.09. The number of hydrogen-bond donors (Lipinski definition) is 2. The van der Waals surface area contributed by atoms with Crippen molar-refractivity contribution in [3.63, 3.8) is 0 Å². The third-order valence-electron chi connectivity index (χ3n) is 1.16. The molecule has 4 heteroatoms. The van der Waals surface area contributed by atoms with Crippen LogP contribution in [0.3, 0.4) is 0 Å². The quantitative estimate of drug-likeness (QED) is 0.484. The Balaban J connectivity index is 3.15. The van der Waals surface area contributed by atoms with Crippen molar-refractivity contribution in [2.45, 2.75) is 19.8 Å². The van der Waals surface area contributed by atoms with E-state index in [2.05, 4.69) is 29.8 Å². The topological polar surface area (TPSA) is 41.1 Å². The molecule has 0 heterocycles. The molecule has 0 aliphatic rings. The Morgan fingerprint density at radius 3 is 2.82 bits per heavy atom. The molecule has 64 valence electrons. The second-order valence-corrected chi connectivity index (χ2v) is 2.49. The normalized spacial score (nSPS) is 8.82. The summed E-state index contributed by atoms with van der Waals surface area (Å²) in [5, 5.41) is 6.77. The van der Waals surface area contributed by atoms with Gasteiger partial charge in [-0.25, -0.2) is 4.79 Å². The van der Waals surface area contributed by atoms with E-state index in [1.807, 2.05) is 0 Å². The SMILES string of the molecule is CCCCNC(=O)NCC=S. The van der Waals surface area contributed by atoms with E-state index in [1.165, 1.54) is 5.37 Å². The predicted molar refractivity (Wildman–Crippen MR) is 50.0 cm³/mol. The van der Waals surface area contributed by atoms with Gasteiger partial charge < -0.3 is 10.6 Å². The fourth-order valence-corrected chi connectivity index (χ4v) is 0.659. The highest BCUT2D eigenvalue weighted by molar-refractivity contribution is 7.79. The van der Waals surface area contributed by atoms with Gasteiger partial charge >= 0.3 is 6.03 Å². The van der Waals surface area contributed by atoms with E-state index in [1.54, 1.807) is 0 Å². The number of rotatable bonds is 5. The first kappa shape index (κ1) is 10.4. The van der Waals surface area contributed by atoms with Gasteiger partial charge in [0.1, 0.15) is 0 Å². The Labute approximate surface area is 72.5 Å². The highest BCUT2D eigenvalue weighted by Crippen LogP contribution is 1.81. The number of amides is 2. The number of thiocarbonyl (C=S) groups is 1. The van der Waals surface area contributed by atoms with Gasteiger partial charge in [0.25, 0.3) is 0 Å². The summed E-state index contributed by atoms with van der Waals surface area (Å²) in [5.41, 5.74) is 0. The average molecular weight is 174 g/mol. The van der Waals surface area contributed by atoms with Crippen molar-refractivity contribution < 1.29 is 4.79 Å². The van der Waals surface area contributed by atoms with Crippen molar-refractivity contribution in [3.05, 3.63) is 0 Å². The number of unbranched alkanes of at least 4 members (excludes halogenated alkanes) is 1. The molecule has 0 saturated heterocycles. The van der Waals surface area contributed by atoms with E-state index in [9.17, 15) is 4.79 Å². The van der Waals surface area contributed by atoms with E-state index in [-0.39, 0.29) is 6.03 Å². The molecule has 0 spiro atoms. The van der Waals surface area contributed by atoms with Crippen molar-refractivity contribution >= 4 is 23.6 Å². The van der Waals surface area contributed by atoms with Crippen molar-refractivity contribution in [2.24, 2.45) is 0 Å². The smallest absolute Gasteiger partial charge is 0.315 e. The molecule has 0 aromatic heterocycles. The molecule has 0 bridgehead atoms. The lowest BCUT2D eigenvalue weighted by Crippen LogP contribution is -2.36. The minimum Gasteiger partial charge on any atom is -0.338 e. The maximum Gasteiger partial charge on any atom is 0.315 e. The Morgan fingerprint density at radius 2 is 2.27 bits per heavy atom. The average Bonchev–Trinajstić information content (AvgIpc) is 2.01. The third kappa shape index (κ3) is 7.25. The van der Waals surface area contributed by atoms with Gasteiger partial charge in [0.05, 0.1) is 0 Å². The molecule has 0 fully saturated rings. The van der Waals surface area contributed by atoms with Crippen LogP contribution in [0.2, 0.25) is 0 Å². The summed E-state index contributed by atoms with van der Waals surface area (Å²) in [4.78, 5) is 10.8. The van der Waals surface area contributed by atoms with Gasteiger partial charge in [-0.3, -0.25) is 0 Å². The fraction of sp³-hybridized carbons (Fsp3) is 0.714. The third-order valence-corrected chi connectivity index (χ3v) is 1.33. The molecule has 0 aromatic rings. The van der Waals surface area contributed by atoms with Gasteiger partial charge in [-0.1, -0.05) is 25.6 Å². The maximum absolute atomic E-state index is 10.8. The lowest BCUT2D eigenvalue weighted by atomic mass is 10.3. The van der Waals surface area contributed by atoms with Crippen molar-refractivity contribution in [2.75, 3.05) is 13.1 Å². The molecular weight excluding hydrogens is 160 g/mol. The molecule has 0 rings (SSSR count). The molecule has 0 aromatic carbocycles. The minimum atomic E-state index is -0.139. The number of carbonyl (C=O) groups excluding carboxylic acids is 1. The molecule has 0 atom stereocenters. The Kier molecular flexibility index (Phi) is 7.03. The zero-order valence-electron chi connectivity index (χ0n) is 6.72. The lowest BCUT2D eigenvalue weighted by Gasteiger charge is -2.03.